The smallest absolute Gasteiger partial charge is 0.275 e. The maximum Gasteiger partial charge on any atom is 0.275 e. The van der Waals surface area contributed by atoms with Crippen LogP contribution < -0.4 is 25.6 Å². The molecule has 32 heavy (non-hydrogen) atoms. The van der Waals surface area contributed by atoms with E-state index < -0.39 is 0 Å². The Kier molecular flexibility index (Phi) is 6.69. The summed E-state index contributed by atoms with van der Waals surface area (Å²) in [5.74, 6) is 7.20. The van der Waals surface area contributed by atoms with E-state index >= 15 is 0 Å². The Balaban J connectivity index is 1.65. The lowest BCUT2D eigenvalue weighted by atomic mass is 10.2. The molecular weight excluding hydrogens is 422 g/mol. The molecule has 0 spiro atoms. The molecule has 0 bridgehead atoms. The average molecular weight is 446 g/mol. The minimum absolute atomic E-state index is 0.308. The van der Waals surface area contributed by atoms with Gasteiger partial charge in [0.2, 0.25) is 0 Å². The van der Waals surface area contributed by atoms with Crippen LogP contribution in [0, 0.1) is 0 Å². The number of carbonyl (C=O) groups is 1. The molecule has 1 amide bonds. The quantitative estimate of drug-likeness (QED) is 0.213. The molecule has 3 N–H and O–H groups in total. The molecular formula is C25H23N3O3S. The molecule has 0 fully saturated rings. The van der Waals surface area contributed by atoms with Crippen LogP contribution in [0.25, 0.3) is 0 Å². The Labute approximate surface area is 190 Å². The van der Waals surface area contributed by atoms with E-state index in [0.29, 0.717) is 17.2 Å². The second-order valence-corrected chi connectivity index (χ2v) is 8.02. The van der Waals surface area contributed by atoms with E-state index in [1.54, 1.807) is 13.2 Å². The average Bonchev–Trinajstić information content (AvgIpc) is 3.33. The highest BCUT2D eigenvalue weighted by Gasteiger charge is 2.16. The van der Waals surface area contributed by atoms with Gasteiger partial charge >= 0.3 is 0 Å². The number of rotatable bonds is 8. The number of anilines is 2. The number of hydrogen-bond donors (Lipinski definition) is 2. The largest absolute Gasteiger partial charge is 0.497 e. The predicted octanol–water partition coefficient (Wildman–Crippen LogP) is 5.49. The number of nitrogens with two attached hydrogens (primary N) is 1. The van der Waals surface area contributed by atoms with Gasteiger partial charge in [-0.1, -0.05) is 36.4 Å². The highest BCUT2D eigenvalue weighted by Crippen LogP contribution is 2.36. The Bertz CT molecular complexity index is 1180. The highest BCUT2D eigenvalue weighted by atomic mass is 32.1. The molecule has 6 nitrogen and oxygen atoms in total. The van der Waals surface area contributed by atoms with Crippen molar-refractivity contribution < 1.29 is 14.3 Å². The van der Waals surface area contributed by atoms with E-state index in [4.69, 9.17) is 15.3 Å². The fraction of sp³-hybridized carbons (Fsp3) is 0.0800. The summed E-state index contributed by atoms with van der Waals surface area (Å²) in [7, 11) is 1.63. The van der Waals surface area contributed by atoms with Gasteiger partial charge in [-0.2, -0.15) is 0 Å². The molecule has 3 aromatic carbocycles. The SMILES string of the molecule is COc1ccc(Oc2cccc(N(Cc3ccccc3)c3ccc(C(=O)NN)s3)c2)cc1. The summed E-state index contributed by atoms with van der Waals surface area (Å²) in [6, 6.07) is 29.2. The molecule has 0 aliphatic rings. The fourth-order valence-electron chi connectivity index (χ4n) is 3.22. The number of hydrogen-bond acceptors (Lipinski definition) is 6. The van der Waals surface area contributed by atoms with Crippen molar-refractivity contribution in [3.05, 3.63) is 101 Å². The molecule has 162 valence electrons. The van der Waals surface area contributed by atoms with Gasteiger partial charge in [-0.25, -0.2) is 5.84 Å². The third kappa shape index (κ3) is 5.08. The van der Waals surface area contributed by atoms with Crippen LogP contribution in [0.2, 0.25) is 0 Å². The molecule has 0 saturated heterocycles. The first-order chi connectivity index (χ1) is 15.7. The molecule has 1 heterocycles. The van der Waals surface area contributed by atoms with E-state index in [-0.39, 0.29) is 5.91 Å². The first-order valence-corrected chi connectivity index (χ1v) is 10.8. The molecule has 7 heteroatoms. The van der Waals surface area contributed by atoms with Crippen LogP contribution in [-0.4, -0.2) is 13.0 Å². The lowest BCUT2D eigenvalue weighted by Crippen LogP contribution is -2.29. The molecule has 4 aromatic rings. The van der Waals surface area contributed by atoms with E-state index in [1.807, 2.05) is 72.8 Å². The van der Waals surface area contributed by atoms with Gasteiger partial charge in [-0.05, 0) is 54.1 Å². The zero-order valence-corrected chi connectivity index (χ0v) is 18.3. The Morgan fingerprint density at radius 3 is 2.38 bits per heavy atom. The topological polar surface area (TPSA) is 76.8 Å². The predicted molar refractivity (Wildman–Crippen MR) is 128 cm³/mol. The van der Waals surface area contributed by atoms with Gasteiger partial charge in [-0.15, -0.1) is 11.3 Å². The van der Waals surface area contributed by atoms with Crippen LogP contribution in [0.5, 0.6) is 17.2 Å². The minimum Gasteiger partial charge on any atom is -0.497 e. The number of carbonyl (C=O) groups excluding carboxylic acids is 1. The molecule has 0 aliphatic heterocycles. The van der Waals surface area contributed by atoms with Crippen molar-refractivity contribution in [2.45, 2.75) is 6.54 Å². The van der Waals surface area contributed by atoms with Crippen LogP contribution in [0.15, 0.2) is 91.0 Å². The molecule has 0 atom stereocenters. The number of thiophene rings is 1. The van der Waals surface area contributed by atoms with Crippen LogP contribution in [0.4, 0.5) is 10.7 Å². The van der Waals surface area contributed by atoms with Crippen molar-refractivity contribution in [2.75, 3.05) is 12.0 Å². The van der Waals surface area contributed by atoms with Gasteiger partial charge in [0.25, 0.3) is 5.91 Å². The van der Waals surface area contributed by atoms with Crippen molar-refractivity contribution >= 4 is 27.9 Å². The zero-order chi connectivity index (χ0) is 22.3. The van der Waals surface area contributed by atoms with Crippen LogP contribution in [0.3, 0.4) is 0 Å². The number of amides is 1. The second kappa shape index (κ2) is 10.00. The number of nitrogens with one attached hydrogen (secondary N) is 1. The first kappa shape index (κ1) is 21.4. The lowest BCUT2D eigenvalue weighted by Gasteiger charge is -2.24. The van der Waals surface area contributed by atoms with Gasteiger partial charge in [0.1, 0.15) is 17.2 Å². The standard InChI is InChI=1S/C25H23N3O3S/c1-30-20-10-12-21(13-11-20)31-22-9-5-8-19(16-22)28(17-18-6-3-2-4-7-18)24-15-14-23(32-24)25(29)27-26/h2-16H,17,26H2,1H3,(H,27,29). The highest BCUT2D eigenvalue weighted by molar-refractivity contribution is 7.18. The van der Waals surface area contributed by atoms with Gasteiger partial charge in [0.15, 0.2) is 0 Å². The first-order valence-electron chi connectivity index (χ1n) is 10.0. The summed E-state index contributed by atoms with van der Waals surface area (Å²) in [5.41, 5.74) is 4.28. The molecule has 0 saturated carbocycles. The summed E-state index contributed by atoms with van der Waals surface area (Å²) < 4.78 is 11.3. The third-order valence-corrected chi connectivity index (χ3v) is 5.93. The molecule has 4 rings (SSSR count). The van der Waals surface area contributed by atoms with Crippen LogP contribution in [-0.2, 0) is 6.54 Å². The number of nitrogens with zero attached hydrogens (tertiary/aromatic N) is 1. The van der Waals surface area contributed by atoms with E-state index in [1.165, 1.54) is 11.3 Å². The van der Waals surface area contributed by atoms with Crippen molar-refractivity contribution in [1.82, 2.24) is 5.43 Å². The summed E-state index contributed by atoms with van der Waals surface area (Å²) in [4.78, 5) is 14.7. The summed E-state index contributed by atoms with van der Waals surface area (Å²) in [6.45, 7) is 0.636. The third-order valence-electron chi connectivity index (χ3n) is 4.82. The van der Waals surface area contributed by atoms with Crippen molar-refractivity contribution in [2.24, 2.45) is 5.84 Å². The van der Waals surface area contributed by atoms with E-state index in [0.717, 1.165) is 27.8 Å². The number of benzene rings is 3. The summed E-state index contributed by atoms with van der Waals surface area (Å²) in [5, 5.41) is 0.925. The molecule has 0 aliphatic carbocycles. The molecule has 0 unspecified atom stereocenters. The molecule has 0 radical (unpaired) electrons. The van der Waals surface area contributed by atoms with Gasteiger partial charge in [-0.3, -0.25) is 10.2 Å². The normalized spacial score (nSPS) is 10.4. The number of ether oxygens (including phenoxy) is 2. The summed E-state index contributed by atoms with van der Waals surface area (Å²) in [6.07, 6.45) is 0. The van der Waals surface area contributed by atoms with Gasteiger partial charge in [0, 0.05) is 18.3 Å². The van der Waals surface area contributed by atoms with Crippen LogP contribution in [0.1, 0.15) is 15.2 Å². The lowest BCUT2D eigenvalue weighted by molar-refractivity contribution is 0.0957. The Hall–Kier alpha value is -3.81. The maximum atomic E-state index is 12.0. The van der Waals surface area contributed by atoms with Crippen molar-refractivity contribution in [1.29, 1.82) is 0 Å². The van der Waals surface area contributed by atoms with Crippen LogP contribution >= 0.6 is 11.3 Å². The van der Waals surface area contributed by atoms with Gasteiger partial charge in [0.05, 0.1) is 17.0 Å². The number of methoxy groups -OCH3 is 1. The van der Waals surface area contributed by atoms with E-state index in [2.05, 4.69) is 22.5 Å². The Morgan fingerprint density at radius 1 is 0.906 bits per heavy atom. The monoisotopic (exact) mass is 445 g/mol. The Morgan fingerprint density at radius 2 is 1.66 bits per heavy atom. The minimum atomic E-state index is -0.308. The number of nitrogen functional groups attached to an aromatic ring is 1. The fourth-order valence-corrected chi connectivity index (χ4v) is 4.15. The van der Waals surface area contributed by atoms with E-state index in [9.17, 15) is 4.79 Å². The maximum absolute atomic E-state index is 12.0. The zero-order valence-electron chi connectivity index (χ0n) is 17.5. The second-order valence-electron chi connectivity index (χ2n) is 6.96. The van der Waals surface area contributed by atoms with Gasteiger partial charge < -0.3 is 14.4 Å². The number of hydrazine groups is 1. The van der Waals surface area contributed by atoms with Crippen molar-refractivity contribution in [3.8, 4) is 17.2 Å². The molecule has 1 aromatic heterocycles. The summed E-state index contributed by atoms with van der Waals surface area (Å²) >= 11 is 1.38. The van der Waals surface area contributed by atoms with Crippen molar-refractivity contribution in [3.63, 3.8) is 0 Å².